The fourth-order valence-corrected chi connectivity index (χ4v) is 2.14. The van der Waals surface area contributed by atoms with Gasteiger partial charge in [-0.25, -0.2) is 9.59 Å². The molecule has 6 nitrogen and oxygen atoms in total. The molecular formula is C12H22N2O4. The Labute approximate surface area is 107 Å². The van der Waals surface area contributed by atoms with Crippen LogP contribution in [0, 0.1) is 5.92 Å². The van der Waals surface area contributed by atoms with E-state index in [0.29, 0.717) is 6.42 Å². The standard InChI is InChI=1S/C12H22N2O4/c1-7(2)10(11(16)17)14-12(18)13-8-5-3-4-6-9(8)15/h7-10,15H,3-6H2,1-2H3,(H,16,17)(H2,13,14,18)/t8?,9?,10-/m1/s1. The molecule has 0 radical (unpaired) electrons. The Morgan fingerprint density at radius 2 is 1.83 bits per heavy atom. The normalized spacial score (nSPS) is 25.6. The second kappa shape index (κ2) is 6.58. The first-order valence-electron chi connectivity index (χ1n) is 6.39. The third-order valence-corrected chi connectivity index (χ3v) is 3.27. The third kappa shape index (κ3) is 4.18. The number of aliphatic hydroxyl groups excluding tert-OH is 1. The molecule has 2 amide bonds. The van der Waals surface area contributed by atoms with Gasteiger partial charge in [0, 0.05) is 0 Å². The number of amides is 2. The maximum absolute atomic E-state index is 11.7. The minimum Gasteiger partial charge on any atom is -0.480 e. The van der Waals surface area contributed by atoms with E-state index < -0.39 is 24.1 Å². The molecule has 1 aliphatic rings. The molecule has 0 saturated heterocycles. The number of nitrogens with one attached hydrogen (secondary N) is 2. The van der Waals surface area contributed by atoms with Crippen LogP contribution in [0.4, 0.5) is 4.79 Å². The second-order valence-corrected chi connectivity index (χ2v) is 5.14. The van der Waals surface area contributed by atoms with Gasteiger partial charge in [0.2, 0.25) is 0 Å². The van der Waals surface area contributed by atoms with E-state index in [0.717, 1.165) is 19.3 Å². The van der Waals surface area contributed by atoms with E-state index >= 15 is 0 Å². The number of urea groups is 1. The van der Waals surface area contributed by atoms with Crippen LogP contribution in [0.3, 0.4) is 0 Å². The van der Waals surface area contributed by atoms with E-state index in [-0.39, 0.29) is 12.0 Å². The van der Waals surface area contributed by atoms with Crippen LogP contribution in [0.1, 0.15) is 39.5 Å². The van der Waals surface area contributed by atoms with Gasteiger partial charge in [0.25, 0.3) is 0 Å². The van der Waals surface area contributed by atoms with Crippen molar-refractivity contribution >= 4 is 12.0 Å². The highest BCUT2D eigenvalue weighted by Gasteiger charge is 2.27. The molecule has 1 aliphatic carbocycles. The Morgan fingerprint density at radius 3 is 2.33 bits per heavy atom. The molecule has 0 aromatic carbocycles. The quantitative estimate of drug-likeness (QED) is 0.596. The smallest absolute Gasteiger partial charge is 0.326 e. The molecule has 6 heteroatoms. The van der Waals surface area contributed by atoms with Crippen LogP contribution in [-0.2, 0) is 4.79 Å². The minimum absolute atomic E-state index is 0.190. The molecule has 1 fully saturated rings. The van der Waals surface area contributed by atoms with E-state index in [1.54, 1.807) is 13.8 Å². The first kappa shape index (κ1) is 14.8. The van der Waals surface area contributed by atoms with Gasteiger partial charge in [-0.1, -0.05) is 26.7 Å². The van der Waals surface area contributed by atoms with Crippen molar-refractivity contribution in [3.8, 4) is 0 Å². The van der Waals surface area contributed by atoms with E-state index in [1.165, 1.54) is 0 Å². The number of rotatable bonds is 4. The lowest BCUT2D eigenvalue weighted by molar-refractivity contribution is -0.140. The van der Waals surface area contributed by atoms with Gasteiger partial charge in [0.05, 0.1) is 12.1 Å². The largest absolute Gasteiger partial charge is 0.480 e. The van der Waals surface area contributed by atoms with Gasteiger partial charge >= 0.3 is 12.0 Å². The summed E-state index contributed by atoms with van der Waals surface area (Å²) in [4.78, 5) is 22.6. The number of aliphatic hydroxyl groups is 1. The first-order chi connectivity index (χ1) is 8.41. The molecule has 4 N–H and O–H groups in total. The van der Waals surface area contributed by atoms with Crippen LogP contribution in [0.2, 0.25) is 0 Å². The Balaban J connectivity index is 2.47. The van der Waals surface area contributed by atoms with Gasteiger partial charge in [0.1, 0.15) is 6.04 Å². The summed E-state index contributed by atoms with van der Waals surface area (Å²) in [6.07, 6.45) is 2.80. The van der Waals surface area contributed by atoms with Crippen LogP contribution < -0.4 is 10.6 Å². The molecule has 3 atom stereocenters. The molecule has 0 bridgehead atoms. The fourth-order valence-electron chi connectivity index (χ4n) is 2.14. The molecule has 0 aliphatic heterocycles. The fraction of sp³-hybridized carbons (Fsp3) is 0.833. The molecule has 0 spiro atoms. The van der Waals surface area contributed by atoms with Gasteiger partial charge in [-0.15, -0.1) is 0 Å². The third-order valence-electron chi connectivity index (χ3n) is 3.27. The Hall–Kier alpha value is -1.30. The number of hydrogen-bond acceptors (Lipinski definition) is 3. The number of hydrogen-bond donors (Lipinski definition) is 4. The summed E-state index contributed by atoms with van der Waals surface area (Å²) in [5.41, 5.74) is 0. The van der Waals surface area contributed by atoms with Crippen LogP contribution in [0.15, 0.2) is 0 Å². The van der Waals surface area contributed by atoms with Crippen molar-refractivity contribution in [2.45, 2.75) is 57.7 Å². The summed E-state index contributed by atoms with van der Waals surface area (Å²) < 4.78 is 0. The highest BCUT2D eigenvalue weighted by atomic mass is 16.4. The zero-order valence-corrected chi connectivity index (χ0v) is 10.8. The van der Waals surface area contributed by atoms with Gasteiger partial charge in [-0.3, -0.25) is 0 Å². The predicted molar refractivity (Wildman–Crippen MR) is 66.2 cm³/mol. The molecule has 1 rings (SSSR count). The topological polar surface area (TPSA) is 98.7 Å². The van der Waals surface area contributed by atoms with Gasteiger partial charge < -0.3 is 20.8 Å². The zero-order chi connectivity index (χ0) is 13.7. The zero-order valence-electron chi connectivity index (χ0n) is 10.8. The maximum atomic E-state index is 11.7. The Bertz CT molecular complexity index is 306. The van der Waals surface area contributed by atoms with E-state index in [1.807, 2.05) is 0 Å². The lowest BCUT2D eigenvalue weighted by atomic mass is 9.93. The van der Waals surface area contributed by atoms with Crippen LogP contribution in [0.5, 0.6) is 0 Å². The second-order valence-electron chi connectivity index (χ2n) is 5.14. The van der Waals surface area contributed by atoms with E-state index in [4.69, 9.17) is 5.11 Å². The van der Waals surface area contributed by atoms with Crippen molar-refractivity contribution in [3.63, 3.8) is 0 Å². The number of carboxylic acids is 1. The van der Waals surface area contributed by atoms with E-state index in [2.05, 4.69) is 10.6 Å². The summed E-state index contributed by atoms with van der Waals surface area (Å²) in [7, 11) is 0. The van der Waals surface area contributed by atoms with Crippen molar-refractivity contribution < 1.29 is 19.8 Å². The number of carboxylic acid groups (broad SMARTS) is 1. The average Bonchev–Trinajstić information content (AvgIpc) is 2.28. The number of aliphatic carboxylic acids is 1. The summed E-state index contributed by atoms with van der Waals surface area (Å²) in [5.74, 6) is -1.24. The molecule has 0 aromatic heterocycles. The summed E-state index contributed by atoms with van der Waals surface area (Å²) in [5, 5.41) is 23.7. The van der Waals surface area contributed by atoms with Gasteiger partial charge in [0.15, 0.2) is 0 Å². The molecular weight excluding hydrogens is 236 g/mol. The highest BCUT2D eigenvalue weighted by Crippen LogP contribution is 2.18. The van der Waals surface area contributed by atoms with Crippen molar-refractivity contribution in [2.24, 2.45) is 5.92 Å². The summed E-state index contributed by atoms with van der Waals surface area (Å²) in [6, 6.07) is -1.71. The summed E-state index contributed by atoms with van der Waals surface area (Å²) >= 11 is 0. The van der Waals surface area contributed by atoms with Crippen molar-refractivity contribution in [1.82, 2.24) is 10.6 Å². The minimum atomic E-state index is -1.05. The van der Waals surface area contributed by atoms with Crippen molar-refractivity contribution in [2.75, 3.05) is 0 Å². The Kier molecular flexibility index (Phi) is 5.40. The highest BCUT2D eigenvalue weighted by molar-refractivity contribution is 5.82. The monoisotopic (exact) mass is 258 g/mol. The molecule has 104 valence electrons. The van der Waals surface area contributed by atoms with E-state index in [9.17, 15) is 14.7 Å². The van der Waals surface area contributed by atoms with Gasteiger partial charge in [-0.2, -0.15) is 0 Å². The SMILES string of the molecule is CC(C)[C@@H](NC(=O)NC1CCCCC1O)C(=O)O. The Morgan fingerprint density at radius 1 is 1.22 bits per heavy atom. The number of carbonyl (C=O) groups is 2. The maximum Gasteiger partial charge on any atom is 0.326 e. The lowest BCUT2D eigenvalue weighted by Crippen LogP contribution is -2.54. The number of carbonyl (C=O) groups excluding carboxylic acids is 1. The van der Waals surface area contributed by atoms with Crippen LogP contribution in [0.25, 0.3) is 0 Å². The molecule has 18 heavy (non-hydrogen) atoms. The lowest BCUT2D eigenvalue weighted by Gasteiger charge is -2.29. The summed E-state index contributed by atoms with van der Waals surface area (Å²) in [6.45, 7) is 3.46. The van der Waals surface area contributed by atoms with Crippen molar-refractivity contribution in [1.29, 1.82) is 0 Å². The molecule has 1 saturated carbocycles. The van der Waals surface area contributed by atoms with Gasteiger partial charge in [-0.05, 0) is 18.8 Å². The van der Waals surface area contributed by atoms with Crippen molar-refractivity contribution in [3.05, 3.63) is 0 Å². The first-order valence-corrected chi connectivity index (χ1v) is 6.39. The predicted octanol–water partition coefficient (Wildman–Crippen LogP) is 0.698. The molecule has 2 unspecified atom stereocenters. The molecule has 0 heterocycles. The average molecular weight is 258 g/mol. The molecule has 0 aromatic rings. The van der Waals surface area contributed by atoms with Crippen LogP contribution >= 0.6 is 0 Å². The van der Waals surface area contributed by atoms with Crippen LogP contribution in [-0.4, -0.2) is 40.4 Å².